The van der Waals surface area contributed by atoms with E-state index in [2.05, 4.69) is 0 Å². The molecule has 2 aliphatic heterocycles. The quantitative estimate of drug-likeness (QED) is 0.831. The van der Waals surface area contributed by atoms with E-state index in [1.54, 1.807) is 12.3 Å². The van der Waals surface area contributed by atoms with Gasteiger partial charge in [0.15, 0.2) is 0 Å². The number of amides is 1. The van der Waals surface area contributed by atoms with Gasteiger partial charge < -0.3 is 18.8 Å². The average Bonchev–Trinajstić information content (AvgIpc) is 3.32. The zero-order chi connectivity index (χ0) is 16.6. The lowest BCUT2D eigenvalue weighted by Crippen LogP contribution is -2.58. The van der Waals surface area contributed by atoms with E-state index < -0.39 is 0 Å². The minimum atomic E-state index is -0.0430. The maximum atomic E-state index is 12.9. The molecule has 1 aromatic heterocycles. The fraction of sp³-hybridized carbons (Fsp3) is 0.737. The monoisotopic (exact) mass is 333 g/mol. The second-order valence-corrected chi connectivity index (χ2v) is 7.69. The summed E-state index contributed by atoms with van der Waals surface area (Å²) >= 11 is 0. The van der Waals surface area contributed by atoms with Crippen LogP contribution >= 0.6 is 0 Å². The van der Waals surface area contributed by atoms with E-state index in [4.69, 9.17) is 13.9 Å². The molecule has 1 aliphatic carbocycles. The number of carbonyl (C=O) groups excluding carboxylic acids is 1. The topological polar surface area (TPSA) is 51.9 Å². The van der Waals surface area contributed by atoms with Gasteiger partial charge in [0.2, 0.25) is 0 Å². The largest absolute Gasteiger partial charge is 0.469 e. The number of ether oxygens (including phenoxy) is 2. The summed E-state index contributed by atoms with van der Waals surface area (Å²) in [5.41, 5.74) is 0.637. The Morgan fingerprint density at radius 1 is 1.42 bits per heavy atom. The van der Waals surface area contributed by atoms with Gasteiger partial charge in [-0.2, -0.15) is 0 Å². The summed E-state index contributed by atoms with van der Waals surface area (Å²) in [4.78, 5) is 14.9. The van der Waals surface area contributed by atoms with E-state index in [9.17, 15) is 4.79 Å². The van der Waals surface area contributed by atoms with Gasteiger partial charge in [-0.1, -0.05) is 0 Å². The first-order valence-corrected chi connectivity index (χ1v) is 9.21. The molecule has 2 saturated heterocycles. The second-order valence-electron chi connectivity index (χ2n) is 7.69. The van der Waals surface area contributed by atoms with Crippen molar-refractivity contribution in [3.8, 4) is 0 Å². The van der Waals surface area contributed by atoms with Crippen molar-refractivity contribution in [2.24, 2.45) is 11.3 Å². The molecule has 3 fully saturated rings. The molecular formula is C19H27NO4. The summed E-state index contributed by atoms with van der Waals surface area (Å²) < 4.78 is 17.4. The Labute approximate surface area is 143 Å². The standard InChI is InChI=1S/C19H27NO4/c1-14-16(6-10-23-14)18(21)20-8-5-17-19(12-20,7-2-9-24-17)13-22-11-15-3-4-15/h6,10,15,17H,2-5,7-9,11-13H2,1H3/t17-,19+/m0/s1. The summed E-state index contributed by atoms with van der Waals surface area (Å²) in [6.45, 7) is 5.73. The van der Waals surface area contributed by atoms with Crippen LogP contribution in [0, 0.1) is 18.3 Å². The highest BCUT2D eigenvalue weighted by Gasteiger charge is 2.47. The number of rotatable bonds is 5. The van der Waals surface area contributed by atoms with Crippen molar-refractivity contribution in [2.45, 2.75) is 45.1 Å². The Kier molecular flexibility index (Phi) is 4.39. The molecule has 0 aromatic carbocycles. The predicted octanol–water partition coefficient (Wildman–Crippen LogP) is 3.03. The molecular weight excluding hydrogens is 306 g/mol. The van der Waals surface area contributed by atoms with Crippen LogP contribution in [0.4, 0.5) is 0 Å². The first-order valence-electron chi connectivity index (χ1n) is 9.21. The molecule has 24 heavy (non-hydrogen) atoms. The zero-order valence-electron chi connectivity index (χ0n) is 14.5. The first-order chi connectivity index (χ1) is 11.7. The number of furan rings is 1. The summed E-state index contributed by atoms with van der Waals surface area (Å²) in [5, 5.41) is 0. The zero-order valence-corrected chi connectivity index (χ0v) is 14.5. The molecule has 5 heteroatoms. The van der Waals surface area contributed by atoms with E-state index >= 15 is 0 Å². The Morgan fingerprint density at radius 3 is 3.04 bits per heavy atom. The first kappa shape index (κ1) is 16.2. The highest BCUT2D eigenvalue weighted by molar-refractivity contribution is 5.95. The molecule has 0 N–H and O–H groups in total. The van der Waals surface area contributed by atoms with Crippen LogP contribution in [0.15, 0.2) is 16.7 Å². The number of likely N-dealkylation sites (tertiary alicyclic amines) is 1. The van der Waals surface area contributed by atoms with Crippen molar-refractivity contribution in [1.29, 1.82) is 0 Å². The molecule has 0 unspecified atom stereocenters. The van der Waals surface area contributed by atoms with Crippen LogP contribution in [0.2, 0.25) is 0 Å². The number of aryl methyl sites for hydroxylation is 1. The molecule has 1 amide bonds. The molecule has 0 spiro atoms. The molecule has 3 heterocycles. The van der Waals surface area contributed by atoms with Crippen LogP contribution < -0.4 is 0 Å². The molecule has 0 bridgehead atoms. The maximum absolute atomic E-state index is 12.9. The Morgan fingerprint density at radius 2 is 2.29 bits per heavy atom. The lowest BCUT2D eigenvalue weighted by atomic mass is 9.73. The highest BCUT2D eigenvalue weighted by Crippen LogP contribution is 2.41. The Hall–Kier alpha value is -1.33. The van der Waals surface area contributed by atoms with Crippen LogP contribution in [0.3, 0.4) is 0 Å². The Balaban J connectivity index is 1.47. The van der Waals surface area contributed by atoms with E-state index in [1.165, 1.54) is 12.8 Å². The third-order valence-electron chi connectivity index (χ3n) is 5.80. The molecule has 3 aliphatic rings. The van der Waals surface area contributed by atoms with Crippen molar-refractivity contribution in [2.75, 3.05) is 32.9 Å². The van der Waals surface area contributed by atoms with Gasteiger partial charge in [-0.05, 0) is 51.0 Å². The third-order valence-corrected chi connectivity index (χ3v) is 5.80. The van der Waals surface area contributed by atoms with Gasteiger partial charge in [0.1, 0.15) is 5.76 Å². The van der Waals surface area contributed by atoms with Gasteiger partial charge in [0, 0.05) is 31.7 Å². The molecule has 1 saturated carbocycles. The lowest BCUT2D eigenvalue weighted by Gasteiger charge is -2.50. The van der Waals surface area contributed by atoms with Crippen LogP contribution in [0.1, 0.15) is 48.2 Å². The van der Waals surface area contributed by atoms with Crippen molar-refractivity contribution in [3.05, 3.63) is 23.7 Å². The SMILES string of the molecule is Cc1occc1C(=O)N1CC[C@@H]2OCCC[C@]2(COCC2CC2)C1. The molecule has 4 rings (SSSR count). The smallest absolute Gasteiger partial charge is 0.257 e. The highest BCUT2D eigenvalue weighted by atomic mass is 16.5. The lowest BCUT2D eigenvalue weighted by molar-refractivity contribution is -0.147. The molecule has 5 nitrogen and oxygen atoms in total. The fourth-order valence-electron chi connectivity index (χ4n) is 4.16. The number of hydrogen-bond donors (Lipinski definition) is 0. The van der Waals surface area contributed by atoms with Crippen LogP contribution in [0.5, 0.6) is 0 Å². The van der Waals surface area contributed by atoms with Gasteiger partial charge in [0.25, 0.3) is 5.91 Å². The summed E-state index contributed by atoms with van der Waals surface area (Å²) in [6, 6.07) is 1.78. The molecule has 1 aromatic rings. The fourth-order valence-corrected chi connectivity index (χ4v) is 4.16. The molecule has 0 radical (unpaired) electrons. The third kappa shape index (κ3) is 3.11. The summed E-state index contributed by atoms with van der Waals surface area (Å²) in [7, 11) is 0. The number of piperidine rings is 1. The van der Waals surface area contributed by atoms with Crippen molar-refractivity contribution in [1.82, 2.24) is 4.90 Å². The second kappa shape index (κ2) is 6.52. The number of hydrogen-bond acceptors (Lipinski definition) is 4. The van der Waals surface area contributed by atoms with Crippen LogP contribution in [-0.2, 0) is 9.47 Å². The Bertz CT molecular complexity index is 594. The van der Waals surface area contributed by atoms with E-state index in [0.29, 0.717) is 17.9 Å². The summed E-state index contributed by atoms with van der Waals surface area (Å²) in [6.07, 6.45) is 7.45. The normalized spacial score (nSPS) is 30.2. The van der Waals surface area contributed by atoms with Gasteiger partial charge in [-0.3, -0.25) is 4.79 Å². The number of carbonyl (C=O) groups is 1. The summed E-state index contributed by atoms with van der Waals surface area (Å²) in [5.74, 6) is 1.53. The van der Waals surface area contributed by atoms with E-state index in [-0.39, 0.29) is 17.4 Å². The van der Waals surface area contributed by atoms with Gasteiger partial charge in [0.05, 0.1) is 24.5 Å². The van der Waals surface area contributed by atoms with Gasteiger partial charge >= 0.3 is 0 Å². The van der Waals surface area contributed by atoms with Crippen molar-refractivity contribution in [3.63, 3.8) is 0 Å². The number of nitrogens with zero attached hydrogens (tertiary/aromatic N) is 1. The van der Waals surface area contributed by atoms with Gasteiger partial charge in [-0.15, -0.1) is 0 Å². The van der Waals surface area contributed by atoms with Crippen molar-refractivity contribution >= 4 is 5.91 Å². The maximum Gasteiger partial charge on any atom is 0.257 e. The minimum absolute atomic E-state index is 0.0430. The average molecular weight is 333 g/mol. The van der Waals surface area contributed by atoms with Gasteiger partial charge in [-0.25, -0.2) is 0 Å². The number of fused-ring (bicyclic) bond motifs is 1. The van der Waals surface area contributed by atoms with E-state index in [1.807, 2.05) is 11.8 Å². The molecule has 2 atom stereocenters. The van der Waals surface area contributed by atoms with Crippen molar-refractivity contribution < 1.29 is 18.7 Å². The molecule has 132 valence electrons. The predicted molar refractivity (Wildman–Crippen MR) is 88.9 cm³/mol. The van der Waals surface area contributed by atoms with E-state index in [0.717, 1.165) is 51.5 Å². The van der Waals surface area contributed by atoms with Crippen LogP contribution in [0.25, 0.3) is 0 Å². The van der Waals surface area contributed by atoms with Crippen LogP contribution in [-0.4, -0.2) is 49.8 Å². The minimum Gasteiger partial charge on any atom is -0.469 e.